The summed E-state index contributed by atoms with van der Waals surface area (Å²) in [6.45, 7) is 4.25. The highest BCUT2D eigenvalue weighted by atomic mass is 16.3. The van der Waals surface area contributed by atoms with Gasteiger partial charge in [0, 0.05) is 12.1 Å². The normalized spacial score (nSPS) is 30.2. The van der Waals surface area contributed by atoms with Crippen molar-refractivity contribution in [3.8, 4) is 0 Å². The van der Waals surface area contributed by atoms with Crippen LogP contribution in [0.25, 0.3) is 0 Å². The maximum absolute atomic E-state index is 9.83. The average Bonchev–Trinajstić information content (AvgIpc) is 2.04. The zero-order valence-corrected chi connectivity index (χ0v) is 8.66. The Bertz CT molecular complexity index is 165. The molecule has 0 spiro atoms. The summed E-state index contributed by atoms with van der Waals surface area (Å²) >= 11 is 0. The van der Waals surface area contributed by atoms with Crippen LogP contribution in [0.15, 0.2) is 12.2 Å². The molecule has 0 aliphatic heterocycles. The van der Waals surface area contributed by atoms with Crippen LogP contribution in [0.1, 0.15) is 39.5 Å². The third kappa shape index (κ3) is 3.92. The minimum Gasteiger partial charge on any atom is -0.391 e. The van der Waals surface area contributed by atoms with Crippen molar-refractivity contribution in [3.63, 3.8) is 0 Å². The first kappa shape index (κ1) is 10.7. The average molecular weight is 183 g/mol. The largest absolute Gasteiger partial charge is 0.391 e. The lowest BCUT2D eigenvalue weighted by atomic mass is 9.97. The molecule has 0 radical (unpaired) electrons. The van der Waals surface area contributed by atoms with Gasteiger partial charge >= 0.3 is 0 Å². The van der Waals surface area contributed by atoms with E-state index >= 15 is 0 Å². The van der Waals surface area contributed by atoms with E-state index in [9.17, 15) is 5.11 Å². The number of aliphatic hydroxyl groups excluding tert-OH is 1. The molecule has 76 valence electrons. The lowest BCUT2D eigenvalue weighted by Crippen LogP contribution is -2.43. The summed E-state index contributed by atoms with van der Waals surface area (Å²) in [7, 11) is 0. The van der Waals surface area contributed by atoms with E-state index in [1.54, 1.807) is 0 Å². The molecule has 0 amide bonds. The van der Waals surface area contributed by atoms with E-state index in [4.69, 9.17) is 0 Å². The molecular formula is C11H21NO. The monoisotopic (exact) mass is 183 g/mol. The van der Waals surface area contributed by atoms with E-state index in [2.05, 4.69) is 31.3 Å². The van der Waals surface area contributed by atoms with Crippen molar-refractivity contribution in [2.24, 2.45) is 0 Å². The lowest BCUT2D eigenvalue weighted by molar-refractivity contribution is 0.109. The van der Waals surface area contributed by atoms with Gasteiger partial charge in [0.15, 0.2) is 0 Å². The predicted octanol–water partition coefficient (Wildman–Crippen LogP) is 1.84. The zero-order valence-electron chi connectivity index (χ0n) is 8.66. The van der Waals surface area contributed by atoms with Crippen molar-refractivity contribution < 1.29 is 5.11 Å². The first-order valence-corrected chi connectivity index (χ1v) is 5.29. The molecule has 0 aromatic heterocycles. The van der Waals surface area contributed by atoms with Gasteiger partial charge in [-0.05, 0) is 25.7 Å². The summed E-state index contributed by atoms with van der Waals surface area (Å²) < 4.78 is 0. The topological polar surface area (TPSA) is 32.3 Å². The number of aliphatic hydroxyl groups is 1. The first-order chi connectivity index (χ1) is 6.20. The van der Waals surface area contributed by atoms with Crippen LogP contribution in [0.2, 0.25) is 0 Å². The van der Waals surface area contributed by atoms with Gasteiger partial charge in [0.25, 0.3) is 0 Å². The molecule has 1 aliphatic rings. The Hall–Kier alpha value is -0.340. The molecule has 1 rings (SSSR count). The Kier molecular flexibility index (Phi) is 4.46. The van der Waals surface area contributed by atoms with E-state index in [0.29, 0.717) is 6.04 Å². The Balaban J connectivity index is 2.44. The molecule has 0 saturated carbocycles. The summed E-state index contributed by atoms with van der Waals surface area (Å²) in [6.07, 6.45) is 8.26. The fraction of sp³-hybridized carbons (Fsp3) is 0.818. The lowest BCUT2D eigenvalue weighted by Gasteiger charge is -2.26. The van der Waals surface area contributed by atoms with Crippen LogP contribution in [-0.2, 0) is 0 Å². The third-order valence-corrected chi connectivity index (χ3v) is 2.45. The van der Waals surface area contributed by atoms with Crippen LogP contribution in [0, 0.1) is 0 Å². The van der Waals surface area contributed by atoms with E-state index < -0.39 is 0 Å². The van der Waals surface area contributed by atoms with Crippen molar-refractivity contribution in [2.75, 3.05) is 0 Å². The summed E-state index contributed by atoms with van der Waals surface area (Å²) in [5, 5.41) is 13.2. The minimum atomic E-state index is -0.174. The maximum atomic E-state index is 9.83. The molecule has 0 bridgehead atoms. The van der Waals surface area contributed by atoms with Gasteiger partial charge in [-0.25, -0.2) is 0 Å². The standard InChI is InChI=1S/C11H21NO/c1-9(2)12-10-7-5-3-4-6-8-11(10)13/h3-4,9-13H,5-8H2,1-2H3/t10-,11+/m0/s1. The van der Waals surface area contributed by atoms with E-state index in [1.807, 2.05) is 0 Å². The summed E-state index contributed by atoms with van der Waals surface area (Å²) in [5.41, 5.74) is 0. The molecule has 0 unspecified atom stereocenters. The van der Waals surface area contributed by atoms with Crippen molar-refractivity contribution in [3.05, 3.63) is 12.2 Å². The van der Waals surface area contributed by atoms with Crippen molar-refractivity contribution in [1.82, 2.24) is 5.32 Å². The molecule has 2 atom stereocenters. The molecule has 2 heteroatoms. The quantitative estimate of drug-likeness (QED) is 0.640. The molecule has 0 saturated heterocycles. The highest BCUT2D eigenvalue weighted by molar-refractivity contribution is 4.90. The molecule has 2 N–H and O–H groups in total. The fourth-order valence-corrected chi connectivity index (χ4v) is 1.79. The SMILES string of the molecule is CC(C)N[C@H]1CCC=CCC[C@H]1O. The smallest absolute Gasteiger partial charge is 0.0696 e. The number of nitrogens with one attached hydrogen (secondary N) is 1. The van der Waals surface area contributed by atoms with Crippen molar-refractivity contribution >= 4 is 0 Å². The first-order valence-electron chi connectivity index (χ1n) is 5.29. The fourth-order valence-electron chi connectivity index (χ4n) is 1.79. The molecule has 0 heterocycles. The van der Waals surface area contributed by atoms with Crippen LogP contribution in [0.5, 0.6) is 0 Å². The highest BCUT2D eigenvalue weighted by Crippen LogP contribution is 2.13. The van der Waals surface area contributed by atoms with Crippen LogP contribution in [-0.4, -0.2) is 23.3 Å². The van der Waals surface area contributed by atoms with Gasteiger partial charge in [-0.3, -0.25) is 0 Å². The second-order valence-corrected chi connectivity index (χ2v) is 4.12. The number of rotatable bonds is 2. The third-order valence-electron chi connectivity index (χ3n) is 2.45. The molecule has 2 nitrogen and oxygen atoms in total. The van der Waals surface area contributed by atoms with E-state index in [-0.39, 0.29) is 12.1 Å². The van der Waals surface area contributed by atoms with Crippen LogP contribution in [0.3, 0.4) is 0 Å². The predicted molar refractivity (Wildman–Crippen MR) is 55.7 cm³/mol. The van der Waals surface area contributed by atoms with Crippen molar-refractivity contribution in [1.29, 1.82) is 0 Å². The Labute approximate surface area is 81.0 Å². The van der Waals surface area contributed by atoms with E-state index in [1.165, 1.54) is 0 Å². The number of hydrogen-bond donors (Lipinski definition) is 2. The number of hydrogen-bond acceptors (Lipinski definition) is 2. The molecule has 0 fully saturated rings. The summed E-state index contributed by atoms with van der Waals surface area (Å²) in [5.74, 6) is 0. The second kappa shape index (κ2) is 5.40. The van der Waals surface area contributed by atoms with Gasteiger partial charge in [-0.1, -0.05) is 26.0 Å². The molecule has 1 aliphatic carbocycles. The van der Waals surface area contributed by atoms with Gasteiger partial charge in [0.1, 0.15) is 0 Å². The zero-order chi connectivity index (χ0) is 9.68. The van der Waals surface area contributed by atoms with Gasteiger partial charge in [-0.2, -0.15) is 0 Å². The Morgan fingerprint density at radius 2 is 1.85 bits per heavy atom. The highest BCUT2D eigenvalue weighted by Gasteiger charge is 2.19. The van der Waals surface area contributed by atoms with Gasteiger partial charge in [0.05, 0.1) is 6.10 Å². The number of allylic oxidation sites excluding steroid dienone is 2. The van der Waals surface area contributed by atoms with Gasteiger partial charge in [-0.15, -0.1) is 0 Å². The van der Waals surface area contributed by atoms with Gasteiger partial charge in [0.2, 0.25) is 0 Å². The minimum absolute atomic E-state index is 0.174. The van der Waals surface area contributed by atoms with Gasteiger partial charge < -0.3 is 10.4 Å². The Morgan fingerprint density at radius 3 is 2.46 bits per heavy atom. The molecule has 13 heavy (non-hydrogen) atoms. The van der Waals surface area contributed by atoms with E-state index in [0.717, 1.165) is 25.7 Å². The second-order valence-electron chi connectivity index (χ2n) is 4.12. The van der Waals surface area contributed by atoms with Crippen LogP contribution < -0.4 is 5.32 Å². The Morgan fingerprint density at radius 1 is 1.23 bits per heavy atom. The van der Waals surface area contributed by atoms with Crippen molar-refractivity contribution in [2.45, 2.75) is 57.7 Å². The van der Waals surface area contributed by atoms with Crippen LogP contribution >= 0.6 is 0 Å². The molecule has 0 aromatic rings. The maximum Gasteiger partial charge on any atom is 0.0696 e. The summed E-state index contributed by atoms with van der Waals surface area (Å²) in [4.78, 5) is 0. The molecular weight excluding hydrogens is 162 g/mol. The summed E-state index contributed by atoms with van der Waals surface area (Å²) in [6, 6.07) is 0.744. The van der Waals surface area contributed by atoms with Crippen LogP contribution in [0.4, 0.5) is 0 Å². The molecule has 0 aromatic carbocycles.